The number of unbranched alkanes of at least 4 members (excludes halogenated alkanes) is 6. The van der Waals surface area contributed by atoms with Gasteiger partial charge >= 0.3 is 0 Å². The molecule has 0 atom stereocenters. The van der Waals surface area contributed by atoms with E-state index in [2.05, 4.69) is 56.2 Å². The number of nitrogens with zero attached hydrogens (tertiary/aromatic N) is 2. The molecule has 4 heteroatoms. The van der Waals surface area contributed by atoms with Gasteiger partial charge in [0.15, 0.2) is 0 Å². The lowest BCUT2D eigenvalue weighted by Crippen LogP contribution is -1.99. The van der Waals surface area contributed by atoms with E-state index in [9.17, 15) is 5.11 Å². The van der Waals surface area contributed by atoms with E-state index < -0.39 is 0 Å². The van der Waals surface area contributed by atoms with Crippen molar-refractivity contribution in [3.05, 3.63) is 83.9 Å². The van der Waals surface area contributed by atoms with Gasteiger partial charge in [-0.15, -0.1) is 6.42 Å². The summed E-state index contributed by atoms with van der Waals surface area (Å²) in [6.45, 7) is 4.75. The quantitative estimate of drug-likeness (QED) is 0.0820. The second-order valence-electron chi connectivity index (χ2n) is 11.4. The summed E-state index contributed by atoms with van der Waals surface area (Å²) in [7, 11) is 0. The maximum absolute atomic E-state index is 9.92. The van der Waals surface area contributed by atoms with Gasteiger partial charge in [0.1, 0.15) is 18.1 Å². The number of aryl methyl sites for hydroxylation is 2. The third-order valence-corrected chi connectivity index (χ3v) is 8.16. The van der Waals surface area contributed by atoms with Crippen LogP contribution in [0.3, 0.4) is 0 Å². The minimum Gasteiger partial charge on any atom is -0.508 e. The molecule has 3 aromatic carbocycles. The molecular formula is C39H42N2O2. The van der Waals surface area contributed by atoms with Crippen LogP contribution in [0.4, 0.5) is 0 Å². The lowest BCUT2D eigenvalue weighted by atomic mass is 9.95. The highest BCUT2D eigenvalue weighted by Gasteiger charge is 2.16. The fraction of sp³-hybridized carbons (Fsp3) is 0.333. The molecule has 0 radical (unpaired) electrons. The average Bonchev–Trinajstić information content (AvgIpc) is 3.04. The average molecular weight is 571 g/mol. The van der Waals surface area contributed by atoms with Gasteiger partial charge in [0.05, 0.1) is 22.4 Å². The second-order valence-corrected chi connectivity index (χ2v) is 11.4. The Morgan fingerprint density at radius 3 is 1.60 bits per heavy atom. The van der Waals surface area contributed by atoms with Gasteiger partial charge in [-0.2, -0.15) is 0 Å². The Kier molecular flexibility index (Phi) is 10.3. The van der Waals surface area contributed by atoms with Crippen molar-refractivity contribution in [2.45, 2.75) is 78.1 Å². The number of aromatic hydroxyl groups is 1. The van der Waals surface area contributed by atoms with Crippen LogP contribution in [-0.2, 0) is 12.8 Å². The molecule has 0 saturated carbocycles. The van der Waals surface area contributed by atoms with Crippen LogP contribution < -0.4 is 4.74 Å². The minimum atomic E-state index is 0.247. The van der Waals surface area contributed by atoms with Gasteiger partial charge in [-0.25, -0.2) is 9.97 Å². The van der Waals surface area contributed by atoms with Crippen LogP contribution in [0, 0.1) is 12.3 Å². The molecule has 5 aromatic rings. The molecule has 43 heavy (non-hydrogen) atoms. The van der Waals surface area contributed by atoms with Gasteiger partial charge in [-0.05, 0) is 97.5 Å². The van der Waals surface area contributed by atoms with Gasteiger partial charge in [0, 0.05) is 21.9 Å². The first-order chi connectivity index (χ1) is 21.1. The monoisotopic (exact) mass is 570 g/mol. The number of rotatable bonds is 14. The second kappa shape index (κ2) is 14.7. The molecule has 0 unspecified atom stereocenters. The third-order valence-electron chi connectivity index (χ3n) is 8.16. The van der Waals surface area contributed by atoms with Crippen molar-refractivity contribution in [2.24, 2.45) is 0 Å². The molecule has 0 amide bonds. The summed E-state index contributed by atoms with van der Waals surface area (Å²) < 4.78 is 5.61. The Morgan fingerprint density at radius 1 is 0.651 bits per heavy atom. The Labute approximate surface area is 256 Å². The summed E-state index contributed by atoms with van der Waals surface area (Å²) in [5.74, 6) is 3.53. The van der Waals surface area contributed by atoms with E-state index in [0.717, 1.165) is 65.0 Å². The van der Waals surface area contributed by atoms with E-state index >= 15 is 0 Å². The van der Waals surface area contributed by atoms with Crippen LogP contribution in [-0.4, -0.2) is 21.7 Å². The Bertz CT molecular complexity index is 1700. The van der Waals surface area contributed by atoms with Crippen molar-refractivity contribution in [2.75, 3.05) is 6.61 Å². The molecule has 0 fully saturated rings. The van der Waals surface area contributed by atoms with Gasteiger partial charge in [-0.1, -0.05) is 70.4 Å². The van der Waals surface area contributed by atoms with E-state index in [1.807, 2.05) is 24.3 Å². The molecule has 0 aliphatic carbocycles. The number of hydrogen-bond donors (Lipinski definition) is 1. The van der Waals surface area contributed by atoms with Crippen molar-refractivity contribution in [1.82, 2.24) is 9.97 Å². The van der Waals surface area contributed by atoms with Crippen LogP contribution in [0.2, 0.25) is 0 Å². The van der Waals surface area contributed by atoms with Gasteiger partial charge < -0.3 is 9.84 Å². The molecule has 0 bridgehead atoms. The van der Waals surface area contributed by atoms with Crippen LogP contribution in [0.25, 0.3) is 44.3 Å². The topological polar surface area (TPSA) is 55.2 Å². The summed E-state index contributed by atoms with van der Waals surface area (Å²) in [5.41, 5.74) is 8.39. The molecular weight excluding hydrogens is 528 g/mol. The van der Waals surface area contributed by atoms with Crippen molar-refractivity contribution >= 4 is 21.8 Å². The van der Waals surface area contributed by atoms with Crippen molar-refractivity contribution < 1.29 is 9.84 Å². The minimum absolute atomic E-state index is 0.247. The summed E-state index contributed by atoms with van der Waals surface area (Å²) in [6.07, 6.45) is 17.0. The summed E-state index contributed by atoms with van der Waals surface area (Å²) in [6, 6.07) is 24.4. The summed E-state index contributed by atoms with van der Waals surface area (Å²) in [4.78, 5) is 10.6. The van der Waals surface area contributed by atoms with Gasteiger partial charge in [-0.3, -0.25) is 0 Å². The zero-order chi connectivity index (χ0) is 30.0. The SMILES string of the molecule is C#CCOc1ccc(-c2cc(CCCCCC)c3ccc4c(CCCCCC)cc(-c5ccc(O)cc5)nc4c3n2)cc1. The summed E-state index contributed by atoms with van der Waals surface area (Å²) in [5, 5.41) is 12.3. The highest BCUT2D eigenvalue weighted by Crippen LogP contribution is 2.35. The van der Waals surface area contributed by atoms with Crippen LogP contribution in [0.5, 0.6) is 11.5 Å². The number of hydrogen-bond acceptors (Lipinski definition) is 4. The molecule has 0 spiro atoms. The normalized spacial score (nSPS) is 11.2. The molecule has 5 rings (SSSR count). The van der Waals surface area contributed by atoms with Crippen LogP contribution >= 0.6 is 0 Å². The Hall–Kier alpha value is -4.36. The maximum Gasteiger partial charge on any atom is 0.148 e. The number of ether oxygens (including phenoxy) is 1. The number of terminal acetylenes is 1. The van der Waals surface area contributed by atoms with E-state index in [4.69, 9.17) is 21.1 Å². The Morgan fingerprint density at radius 2 is 1.14 bits per heavy atom. The molecule has 4 nitrogen and oxygen atoms in total. The maximum atomic E-state index is 9.92. The molecule has 220 valence electrons. The lowest BCUT2D eigenvalue weighted by Gasteiger charge is -2.15. The lowest BCUT2D eigenvalue weighted by molar-refractivity contribution is 0.370. The predicted octanol–water partition coefficient (Wildman–Crippen LogP) is 10.1. The molecule has 0 aliphatic heterocycles. The van der Waals surface area contributed by atoms with Crippen molar-refractivity contribution in [1.29, 1.82) is 0 Å². The van der Waals surface area contributed by atoms with Gasteiger partial charge in [0.2, 0.25) is 0 Å². The fourth-order valence-corrected chi connectivity index (χ4v) is 5.79. The summed E-state index contributed by atoms with van der Waals surface area (Å²) >= 11 is 0. The highest BCUT2D eigenvalue weighted by atomic mass is 16.5. The van der Waals surface area contributed by atoms with E-state index in [1.165, 1.54) is 60.4 Å². The fourth-order valence-electron chi connectivity index (χ4n) is 5.79. The number of benzene rings is 3. The largest absolute Gasteiger partial charge is 0.508 e. The number of phenols is 1. The van der Waals surface area contributed by atoms with E-state index in [1.54, 1.807) is 12.1 Å². The number of phenolic OH excluding ortho intramolecular Hbond substituents is 1. The van der Waals surface area contributed by atoms with Crippen molar-refractivity contribution in [3.63, 3.8) is 0 Å². The van der Waals surface area contributed by atoms with Crippen molar-refractivity contribution in [3.8, 4) is 46.4 Å². The van der Waals surface area contributed by atoms with E-state index in [-0.39, 0.29) is 12.4 Å². The van der Waals surface area contributed by atoms with Crippen LogP contribution in [0.1, 0.15) is 76.3 Å². The number of pyridine rings is 2. The third kappa shape index (κ3) is 7.35. The number of fused-ring (bicyclic) bond motifs is 3. The molecule has 2 heterocycles. The first kappa shape index (κ1) is 30.1. The molecule has 1 N–H and O–H groups in total. The Balaban J connectivity index is 1.68. The standard InChI is InChI=1S/C39H42N2O2/c1-4-7-9-11-13-30-26-36(28-15-19-32(42)20-16-28)40-38-34(30)23-24-35-31(14-12-10-8-5-2)27-37(41-39(35)38)29-17-21-33(22-18-29)43-25-6-3/h3,15-24,26-27,42H,4-5,7-14,25H2,1-2H3. The smallest absolute Gasteiger partial charge is 0.148 e. The predicted molar refractivity (Wildman–Crippen MR) is 180 cm³/mol. The first-order valence-corrected chi connectivity index (χ1v) is 15.8. The first-order valence-electron chi connectivity index (χ1n) is 15.8. The van der Waals surface area contributed by atoms with Gasteiger partial charge in [0.25, 0.3) is 0 Å². The zero-order valence-corrected chi connectivity index (χ0v) is 25.5. The van der Waals surface area contributed by atoms with E-state index in [0.29, 0.717) is 0 Å². The molecule has 0 saturated heterocycles. The number of aromatic nitrogens is 2. The molecule has 2 aromatic heterocycles. The highest BCUT2D eigenvalue weighted by molar-refractivity contribution is 6.06. The molecule has 0 aliphatic rings. The van der Waals surface area contributed by atoms with Crippen LogP contribution in [0.15, 0.2) is 72.8 Å². The zero-order valence-electron chi connectivity index (χ0n) is 25.5.